The van der Waals surface area contributed by atoms with Crippen molar-refractivity contribution in [1.82, 2.24) is 5.32 Å². The van der Waals surface area contributed by atoms with Gasteiger partial charge in [-0.25, -0.2) is 0 Å². The van der Waals surface area contributed by atoms with E-state index in [-0.39, 0.29) is 5.91 Å². The van der Waals surface area contributed by atoms with Crippen LogP contribution in [0.2, 0.25) is 0 Å². The number of nitrogens with one attached hydrogen (secondary N) is 1. The molecular formula is C12H13NO3. The minimum atomic E-state index is -0.146. The van der Waals surface area contributed by atoms with Gasteiger partial charge in [0.05, 0.1) is 11.8 Å². The molecular weight excluding hydrogens is 206 g/mol. The van der Waals surface area contributed by atoms with Gasteiger partial charge in [-0.3, -0.25) is 4.79 Å². The van der Waals surface area contributed by atoms with Crippen LogP contribution in [-0.2, 0) is 6.54 Å². The summed E-state index contributed by atoms with van der Waals surface area (Å²) in [6, 6.07) is 3.55. The van der Waals surface area contributed by atoms with Crippen molar-refractivity contribution in [2.24, 2.45) is 0 Å². The Kier molecular flexibility index (Phi) is 2.81. The lowest BCUT2D eigenvalue weighted by atomic mass is 10.2. The van der Waals surface area contributed by atoms with E-state index in [2.05, 4.69) is 5.32 Å². The molecule has 0 aliphatic carbocycles. The van der Waals surface area contributed by atoms with E-state index in [1.54, 1.807) is 6.07 Å². The number of rotatable bonds is 3. The van der Waals surface area contributed by atoms with Gasteiger partial charge in [-0.1, -0.05) is 0 Å². The summed E-state index contributed by atoms with van der Waals surface area (Å²) in [5.41, 5.74) is 1.52. The molecule has 0 atom stereocenters. The third kappa shape index (κ3) is 2.16. The van der Waals surface area contributed by atoms with Crippen LogP contribution in [0.5, 0.6) is 0 Å². The van der Waals surface area contributed by atoms with Crippen LogP contribution < -0.4 is 5.32 Å². The fourth-order valence-corrected chi connectivity index (χ4v) is 1.53. The predicted molar refractivity (Wildman–Crippen MR) is 58.1 cm³/mol. The van der Waals surface area contributed by atoms with Gasteiger partial charge in [-0.05, 0) is 26.0 Å². The van der Waals surface area contributed by atoms with E-state index in [0.29, 0.717) is 12.1 Å². The molecule has 0 unspecified atom stereocenters. The topological polar surface area (TPSA) is 55.4 Å². The second kappa shape index (κ2) is 4.26. The van der Waals surface area contributed by atoms with E-state index >= 15 is 0 Å². The van der Waals surface area contributed by atoms with Gasteiger partial charge in [0.25, 0.3) is 5.91 Å². The fraction of sp³-hybridized carbons (Fsp3) is 0.250. The molecule has 2 aromatic heterocycles. The maximum absolute atomic E-state index is 11.6. The number of amides is 1. The van der Waals surface area contributed by atoms with Crippen LogP contribution in [0.15, 0.2) is 33.5 Å². The standard InChI is InChI=1S/C12H13NO3/c1-8-5-11(9(2)16-8)6-13-12(14)10-3-4-15-7-10/h3-5,7H,6H2,1-2H3,(H,13,14). The molecule has 0 aromatic carbocycles. The van der Waals surface area contributed by atoms with Crippen LogP contribution in [-0.4, -0.2) is 5.91 Å². The molecule has 4 nitrogen and oxygen atoms in total. The van der Waals surface area contributed by atoms with E-state index in [1.165, 1.54) is 12.5 Å². The van der Waals surface area contributed by atoms with Crippen molar-refractivity contribution < 1.29 is 13.6 Å². The summed E-state index contributed by atoms with van der Waals surface area (Å²) < 4.78 is 10.2. The van der Waals surface area contributed by atoms with Crippen molar-refractivity contribution in [2.45, 2.75) is 20.4 Å². The zero-order valence-corrected chi connectivity index (χ0v) is 9.24. The molecule has 0 aliphatic rings. The number of carbonyl (C=O) groups is 1. The van der Waals surface area contributed by atoms with E-state index in [4.69, 9.17) is 8.83 Å². The Labute approximate surface area is 93.2 Å². The number of carbonyl (C=O) groups excluding carboxylic acids is 1. The Balaban J connectivity index is 1.98. The minimum absolute atomic E-state index is 0.146. The highest BCUT2D eigenvalue weighted by Gasteiger charge is 2.09. The maximum Gasteiger partial charge on any atom is 0.254 e. The van der Waals surface area contributed by atoms with Crippen molar-refractivity contribution in [3.63, 3.8) is 0 Å². The summed E-state index contributed by atoms with van der Waals surface area (Å²) in [7, 11) is 0. The summed E-state index contributed by atoms with van der Waals surface area (Å²) in [6.07, 6.45) is 2.89. The van der Waals surface area contributed by atoms with Crippen molar-refractivity contribution >= 4 is 5.91 Å². The lowest BCUT2D eigenvalue weighted by Crippen LogP contribution is -2.22. The zero-order valence-electron chi connectivity index (χ0n) is 9.24. The molecule has 0 saturated carbocycles. The highest BCUT2D eigenvalue weighted by Crippen LogP contribution is 2.13. The Bertz CT molecular complexity index is 482. The molecule has 0 fully saturated rings. The molecule has 0 aliphatic heterocycles. The summed E-state index contributed by atoms with van der Waals surface area (Å²) in [6.45, 7) is 4.23. The SMILES string of the molecule is Cc1cc(CNC(=O)c2ccoc2)c(C)o1. The Hall–Kier alpha value is -1.97. The van der Waals surface area contributed by atoms with Crippen LogP contribution in [0.3, 0.4) is 0 Å². The van der Waals surface area contributed by atoms with E-state index in [9.17, 15) is 4.79 Å². The van der Waals surface area contributed by atoms with E-state index in [1.807, 2.05) is 19.9 Å². The fourth-order valence-electron chi connectivity index (χ4n) is 1.53. The summed E-state index contributed by atoms with van der Waals surface area (Å²) in [4.78, 5) is 11.6. The van der Waals surface area contributed by atoms with Crippen molar-refractivity contribution in [3.05, 3.63) is 47.3 Å². The molecule has 84 valence electrons. The van der Waals surface area contributed by atoms with Crippen LogP contribution in [0.4, 0.5) is 0 Å². The van der Waals surface area contributed by atoms with Crippen LogP contribution in [0.1, 0.15) is 27.4 Å². The molecule has 16 heavy (non-hydrogen) atoms. The van der Waals surface area contributed by atoms with Crippen molar-refractivity contribution in [3.8, 4) is 0 Å². The van der Waals surface area contributed by atoms with Gasteiger partial charge in [-0.2, -0.15) is 0 Å². The Morgan fingerprint density at radius 1 is 1.44 bits per heavy atom. The molecule has 1 N–H and O–H groups in total. The average molecular weight is 219 g/mol. The molecule has 0 radical (unpaired) electrons. The number of hydrogen-bond donors (Lipinski definition) is 1. The first-order valence-corrected chi connectivity index (χ1v) is 5.03. The molecule has 0 saturated heterocycles. The first-order chi connectivity index (χ1) is 7.66. The first kappa shape index (κ1) is 10.5. The van der Waals surface area contributed by atoms with Gasteiger partial charge < -0.3 is 14.2 Å². The van der Waals surface area contributed by atoms with E-state index < -0.39 is 0 Å². The van der Waals surface area contributed by atoms with Gasteiger partial charge in [0.15, 0.2) is 0 Å². The zero-order chi connectivity index (χ0) is 11.5. The maximum atomic E-state index is 11.6. The Morgan fingerprint density at radius 2 is 2.25 bits per heavy atom. The summed E-state index contributed by atoms with van der Waals surface area (Å²) in [5.74, 6) is 1.54. The third-order valence-electron chi connectivity index (χ3n) is 2.37. The number of aryl methyl sites for hydroxylation is 2. The molecule has 0 bridgehead atoms. The van der Waals surface area contributed by atoms with Gasteiger partial charge >= 0.3 is 0 Å². The lowest BCUT2D eigenvalue weighted by molar-refractivity contribution is 0.0950. The normalized spacial score (nSPS) is 10.4. The van der Waals surface area contributed by atoms with Gasteiger partial charge in [0, 0.05) is 12.1 Å². The first-order valence-electron chi connectivity index (χ1n) is 5.03. The average Bonchev–Trinajstić information content (AvgIpc) is 2.84. The number of furan rings is 2. The van der Waals surface area contributed by atoms with Crippen LogP contribution >= 0.6 is 0 Å². The van der Waals surface area contributed by atoms with Crippen LogP contribution in [0, 0.1) is 13.8 Å². The van der Waals surface area contributed by atoms with E-state index in [0.717, 1.165) is 17.1 Å². The second-order valence-electron chi connectivity index (χ2n) is 3.63. The molecule has 2 rings (SSSR count). The quantitative estimate of drug-likeness (QED) is 0.862. The second-order valence-corrected chi connectivity index (χ2v) is 3.63. The predicted octanol–water partition coefficient (Wildman–Crippen LogP) is 2.42. The molecule has 2 aromatic rings. The monoisotopic (exact) mass is 219 g/mol. The number of hydrogen-bond acceptors (Lipinski definition) is 3. The largest absolute Gasteiger partial charge is 0.472 e. The summed E-state index contributed by atoms with van der Waals surface area (Å²) in [5, 5.41) is 2.80. The van der Waals surface area contributed by atoms with Gasteiger partial charge in [0.1, 0.15) is 17.8 Å². The third-order valence-corrected chi connectivity index (χ3v) is 2.37. The Morgan fingerprint density at radius 3 is 2.81 bits per heavy atom. The molecule has 1 amide bonds. The smallest absolute Gasteiger partial charge is 0.254 e. The highest BCUT2D eigenvalue weighted by molar-refractivity contribution is 5.93. The van der Waals surface area contributed by atoms with Crippen molar-refractivity contribution in [1.29, 1.82) is 0 Å². The summed E-state index contributed by atoms with van der Waals surface area (Å²) >= 11 is 0. The minimum Gasteiger partial charge on any atom is -0.472 e. The van der Waals surface area contributed by atoms with Crippen LogP contribution in [0.25, 0.3) is 0 Å². The molecule has 2 heterocycles. The van der Waals surface area contributed by atoms with Gasteiger partial charge in [-0.15, -0.1) is 0 Å². The molecule has 0 spiro atoms. The lowest BCUT2D eigenvalue weighted by Gasteiger charge is -2.01. The van der Waals surface area contributed by atoms with Crippen molar-refractivity contribution in [2.75, 3.05) is 0 Å². The van der Waals surface area contributed by atoms with Gasteiger partial charge in [0.2, 0.25) is 0 Å². The molecule has 4 heteroatoms. The highest BCUT2D eigenvalue weighted by atomic mass is 16.3.